The van der Waals surface area contributed by atoms with Crippen molar-refractivity contribution in [3.05, 3.63) is 24.3 Å². The van der Waals surface area contributed by atoms with Gasteiger partial charge < -0.3 is 14.6 Å². The number of nitrogens with zero attached hydrogens (tertiary/aromatic N) is 1. The van der Waals surface area contributed by atoms with E-state index in [0.717, 1.165) is 31.0 Å². The van der Waals surface area contributed by atoms with Crippen LogP contribution in [0.1, 0.15) is 19.3 Å². The van der Waals surface area contributed by atoms with Crippen molar-refractivity contribution in [3.8, 4) is 11.5 Å². The summed E-state index contributed by atoms with van der Waals surface area (Å²) < 4.78 is 10.8. The van der Waals surface area contributed by atoms with E-state index < -0.39 is 0 Å². The first-order chi connectivity index (χ1) is 9.33. The molecule has 0 bridgehead atoms. The van der Waals surface area contributed by atoms with Gasteiger partial charge in [0.2, 0.25) is 0 Å². The van der Waals surface area contributed by atoms with E-state index in [4.69, 9.17) is 14.6 Å². The summed E-state index contributed by atoms with van der Waals surface area (Å²) in [6.45, 7) is 2.74. The molecule has 0 saturated heterocycles. The lowest BCUT2D eigenvalue weighted by molar-refractivity contribution is 0.177. The number of rotatable bonds is 9. The van der Waals surface area contributed by atoms with Gasteiger partial charge in [0.05, 0.1) is 20.3 Å². The van der Waals surface area contributed by atoms with E-state index in [1.54, 1.807) is 7.11 Å². The highest BCUT2D eigenvalue weighted by Crippen LogP contribution is 2.26. The Labute approximate surface area is 114 Å². The summed E-state index contributed by atoms with van der Waals surface area (Å²) in [4.78, 5) is 2.36. The van der Waals surface area contributed by atoms with Gasteiger partial charge in [-0.25, -0.2) is 0 Å². The first kappa shape index (κ1) is 14.2. The Balaban J connectivity index is 1.64. The zero-order chi connectivity index (χ0) is 13.5. The van der Waals surface area contributed by atoms with Gasteiger partial charge in [-0.15, -0.1) is 0 Å². The van der Waals surface area contributed by atoms with Crippen LogP contribution in [0.25, 0.3) is 0 Å². The second-order valence-corrected chi connectivity index (χ2v) is 4.87. The molecule has 1 aromatic carbocycles. The Kier molecular flexibility index (Phi) is 5.48. The summed E-state index contributed by atoms with van der Waals surface area (Å²) in [5.74, 6) is 1.72. The Morgan fingerprint density at radius 2 is 1.84 bits per heavy atom. The molecule has 4 heteroatoms. The molecule has 0 amide bonds. The van der Waals surface area contributed by atoms with Crippen molar-refractivity contribution in [1.29, 1.82) is 0 Å². The fourth-order valence-electron chi connectivity index (χ4n) is 2.17. The minimum atomic E-state index is 0.246. The molecule has 4 nitrogen and oxygen atoms in total. The normalized spacial score (nSPS) is 14.7. The molecule has 0 aromatic heterocycles. The van der Waals surface area contributed by atoms with Crippen LogP contribution in [-0.2, 0) is 0 Å². The number of hydrogen-bond donors (Lipinski definition) is 1. The summed E-state index contributed by atoms with van der Waals surface area (Å²) in [5, 5.41) is 9.01. The summed E-state index contributed by atoms with van der Waals surface area (Å²) in [6, 6.07) is 8.35. The SMILES string of the molecule is COc1ccc(OCCCN(CCO)C2CC2)cc1. The van der Waals surface area contributed by atoms with E-state index in [-0.39, 0.29) is 6.61 Å². The van der Waals surface area contributed by atoms with Gasteiger partial charge >= 0.3 is 0 Å². The van der Waals surface area contributed by atoms with E-state index in [2.05, 4.69) is 4.90 Å². The van der Waals surface area contributed by atoms with Crippen molar-refractivity contribution >= 4 is 0 Å². The average molecular weight is 265 g/mol. The molecule has 106 valence electrons. The second-order valence-electron chi connectivity index (χ2n) is 4.87. The minimum absolute atomic E-state index is 0.246. The molecule has 1 saturated carbocycles. The van der Waals surface area contributed by atoms with Gasteiger partial charge in [-0.05, 0) is 43.5 Å². The third kappa shape index (κ3) is 4.73. The lowest BCUT2D eigenvalue weighted by Crippen LogP contribution is -2.31. The molecule has 19 heavy (non-hydrogen) atoms. The third-order valence-electron chi connectivity index (χ3n) is 3.37. The van der Waals surface area contributed by atoms with Gasteiger partial charge in [0.15, 0.2) is 0 Å². The molecule has 0 heterocycles. The van der Waals surface area contributed by atoms with Gasteiger partial charge in [-0.1, -0.05) is 0 Å². The first-order valence-corrected chi connectivity index (χ1v) is 6.95. The lowest BCUT2D eigenvalue weighted by atomic mass is 10.3. The maximum atomic E-state index is 9.01. The first-order valence-electron chi connectivity index (χ1n) is 6.95. The van der Waals surface area contributed by atoms with Crippen LogP contribution in [0.3, 0.4) is 0 Å². The summed E-state index contributed by atoms with van der Waals surface area (Å²) in [7, 11) is 1.66. The molecule has 1 aliphatic rings. The van der Waals surface area contributed by atoms with Crippen molar-refractivity contribution in [2.75, 3.05) is 33.4 Å². The topological polar surface area (TPSA) is 41.9 Å². The van der Waals surface area contributed by atoms with Crippen LogP contribution in [0, 0.1) is 0 Å². The molecular formula is C15H23NO3. The molecular weight excluding hydrogens is 242 g/mol. The smallest absolute Gasteiger partial charge is 0.119 e. The zero-order valence-electron chi connectivity index (χ0n) is 11.5. The molecule has 0 atom stereocenters. The van der Waals surface area contributed by atoms with Crippen molar-refractivity contribution < 1.29 is 14.6 Å². The minimum Gasteiger partial charge on any atom is -0.497 e. The predicted octanol–water partition coefficient (Wildman–Crippen LogP) is 1.92. The van der Waals surface area contributed by atoms with Gasteiger partial charge in [-0.3, -0.25) is 4.90 Å². The van der Waals surface area contributed by atoms with Crippen LogP contribution in [0.15, 0.2) is 24.3 Å². The molecule has 1 aliphatic carbocycles. The highest BCUT2D eigenvalue weighted by atomic mass is 16.5. The summed E-state index contributed by atoms with van der Waals surface area (Å²) >= 11 is 0. The number of aliphatic hydroxyl groups is 1. The molecule has 0 radical (unpaired) electrons. The van der Waals surface area contributed by atoms with E-state index in [1.807, 2.05) is 24.3 Å². The van der Waals surface area contributed by atoms with Crippen LogP contribution < -0.4 is 9.47 Å². The van der Waals surface area contributed by atoms with Gasteiger partial charge in [0.25, 0.3) is 0 Å². The van der Waals surface area contributed by atoms with Crippen LogP contribution in [0.2, 0.25) is 0 Å². The number of methoxy groups -OCH3 is 1. The van der Waals surface area contributed by atoms with Crippen LogP contribution in [-0.4, -0.2) is 49.5 Å². The van der Waals surface area contributed by atoms with E-state index in [1.165, 1.54) is 12.8 Å². The Bertz CT molecular complexity index is 362. The molecule has 1 fully saturated rings. The van der Waals surface area contributed by atoms with Gasteiger partial charge in [-0.2, -0.15) is 0 Å². The van der Waals surface area contributed by atoms with Crippen molar-refractivity contribution in [3.63, 3.8) is 0 Å². The molecule has 0 unspecified atom stereocenters. The molecule has 0 aliphatic heterocycles. The van der Waals surface area contributed by atoms with Gasteiger partial charge in [0, 0.05) is 19.1 Å². The Morgan fingerprint density at radius 1 is 1.16 bits per heavy atom. The molecule has 2 rings (SSSR count). The van der Waals surface area contributed by atoms with Crippen LogP contribution in [0.5, 0.6) is 11.5 Å². The molecule has 1 aromatic rings. The zero-order valence-corrected chi connectivity index (χ0v) is 11.5. The van der Waals surface area contributed by atoms with Gasteiger partial charge in [0.1, 0.15) is 11.5 Å². The van der Waals surface area contributed by atoms with Crippen molar-refractivity contribution in [1.82, 2.24) is 4.90 Å². The number of hydrogen-bond acceptors (Lipinski definition) is 4. The Morgan fingerprint density at radius 3 is 2.42 bits per heavy atom. The molecule has 0 spiro atoms. The van der Waals surface area contributed by atoms with Crippen LogP contribution >= 0.6 is 0 Å². The largest absolute Gasteiger partial charge is 0.497 e. The Hall–Kier alpha value is -1.26. The van der Waals surface area contributed by atoms with E-state index in [0.29, 0.717) is 12.6 Å². The maximum absolute atomic E-state index is 9.01. The number of ether oxygens (including phenoxy) is 2. The maximum Gasteiger partial charge on any atom is 0.119 e. The summed E-state index contributed by atoms with van der Waals surface area (Å²) in [5.41, 5.74) is 0. The highest BCUT2D eigenvalue weighted by Gasteiger charge is 2.27. The monoisotopic (exact) mass is 265 g/mol. The summed E-state index contributed by atoms with van der Waals surface area (Å²) in [6.07, 6.45) is 3.54. The van der Waals surface area contributed by atoms with Crippen molar-refractivity contribution in [2.45, 2.75) is 25.3 Å². The lowest BCUT2D eigenvalue weighted by Gasteiger charge is -2.20. The molecule has 1 N–H and O–H groups in total. The fraction of sp³-hybridized carbons (Fsp3) is 0.600. The predicted molar refractivity (Wildman–Crippen MR) is 74.8 cm³/mol. The standard InChI is InChI=1S/C15H23NO3/c1-18-14-5-7-15(8-6-14)19-12-2-9-16(10-11-17)13-3-4-13/h5-8,13,17H,2-4,9-12H2,1H3. The second kappa shape index (κ2) is 7.36. The van der Waals surface area contributed by atoms with Crippen LogP contribution in [0.4, 0.5) is 0 Å². The average Bonchev–Trinajstić information content (AvgIpc) is 3.27. The highest BCUT2D eigenvalue weighted by molar-refractivity contribution is 5.31. The quantitative estimate of drug-likeness (QED) is 0.693. The fourth-order valence-corrected chi connectivity index (χ4v) is 2.17. The number of benzene rings is 1. The van der Waals surface area contributed by atoms with E-state index in [9.17, 15) is 0 Å². The van der Waals surface area contributed by atoms with Crippen molar-refractivity contribution in [2.24, 2.45) is 0 Å². The number of aliphatic hydroxyl groups excluding tert-OH is 1. The third-order valence-corrected chi connectivity index (χ3v) is 3.37. The van der Waals surface area contributed by atoms with E-state index >= 15 is 0 Å².